The molecule has 0 atom stereocenters. The molecule has 0 bridgehead atoms. The van der Waals surface area contributed by atoms with Gasteiger partial charge in [-0.3, -0.25) is 5.32 Å². The van der Waals surface area contributed by atoms with Crippen LogP contribution in [0.5, 0.6) is 0 Å². The Morgan fingerprint density at radius 3 is 2.59 bits per heavy atom. The minimum Gasteiger partial charge on any atom is -0.444 e. The lowest BCUT2D eigenvalue weighted by molar-refractivity contribution is 0.0636. The van der Waals surface area contributed by atoms with Crippen LogP contribution in [0.25, 0.3) is 5.57 Å². The molecule has 1 N–H and O–H groups in total. The van der Waals surface area contributed by atoms with E-state index in [1.54, 1.807) is 6.07 Å². The molecule has 1 heterocycles. The number of ether oxygens (including phenoxy) is 1. The fraction of sp³-hybridized carbons (Fsp3) is 0.417. The van der Waals surface area contributed by atoms with Crippen molar-refractivity contribution in [3.63, 3.8) is 0 Å². The Balaban J connectivity index is 2.81. The van der Waals surface area contributed by atoms with E-state index >= 15 is 0 Å². The third-order valence-corrected chi connectivity index (χ3v) is 3.15. The first-order valence-electron chi connectivity index (χ1n) is 5.14. The number of thiophene rings is 1. The highest BCUT2D eigenvalue weighted by Gasteiger charge is 2.18. The molecule has 1 amide bonds. The van der Waals surface area contributed by atoms with Gasteiger partial charge in [0, 0.05) is 0 Å². The van der Waals surface area contributed by atoms with Gasteiger partial charge in [0.15, 0.2) is 0 Å². The van der Waals surface area contributed by atoms with Crippen LogP contribution < -0.4 is 5.32 Å². The zero-order valence-corrected chi connectivity index (χ0v) is 12.0. The summed E-state index contributed by atoms with van der Waals surface area (Å²) < 4.78 is 5.77. The van der Waals surface area contributed by atoms with E-state index in [1.807, 2.05) is 27.7 Å². The molecule has 1 aromatic heterocycles. The molecule has 0 aliphatic rings. The summed E-state index contributed by atoms with van der Waals surface area (Å²) in [6.45, 7) is 11.1. The van der Waals surface area contributed by atoms with Crippen molar-refractivity contribution in [2.75, 3.05) is 5.32 Å². The van der Waals surface area contributed by atoms with Crippen molar-refractivity contribution in [2.24, 2.45) is 0 Å². The monoisotopic (exact) mass is 273 g/mol. The molecule has 5 heteroatoms. The third kappa shape index (κ3) is 4.40. The van der Waals surface area contributed by atoms with Gasteiger partial charge in [-0.15, -0.1) is 11.3 Å². The number of allylic oxidation sites excluding steroid dienone is 1. The predicted molar refractivity (Wildman–Crippen MR) is 73.9 cm³/mol. The molecule has 17 heavy (non-hydrogen) atoms. The normalized spacial score (nSPS) is 11.1. The van der Waals surface area contributed by atoms with Gasteiger partial charge in [-0.05, 0) is 39.3 Å². The minimum absolute atomic E-state index is 0.491. The molecule has 3 nitrogen and oxygen atoms in total. The van der Waals surface area contributed by atoms with Crippen LogP contribution in [0, 0.1) is 0 Å². The van der Waals surface area contributed by atoms with Gasteiger partial charge in [0.25, 0.3) is 0 Å². The lowest BCUT2D eigenvalue weighted by Gasteiger charge is -2.19. The van der Waals surface area contributed by atoms with Crippen molar-refractivity contribution >= 4 is 40.3 Å². The molecule has 0 unspecified atom stereocenters. The van der Waals surface area contributed by atoms with Gasteiger partial charge in [0.05, 0.1) is 14.9 Å². The Bertz CT molecular complexity index is 446. The van der Waals surface area contributed by atoms with Crippen LogP contribution in [-0.4, -0.2) is 11.7 Å². The molecule has 0 aromatic carbocycles. The van der Waals surface area contributed by atoms with Crippen molar-refractivity contribution in [2.45, 2.75) is 33.3 Å². The van der Waals surface area contributed by atoms with Crippen LogP contribution in [0.1, 0.15) is 32.6 Å². The van der Waals surface area contributed by atoms with Gasteiger partial charge in [-0.25, -0.2) is 4.79 Å². The molecule has 0 fully saturated rings. The van der Waals surface area contributed by atoms with Gasteiger partial charge in [-0.2, -0.15) is 0 Å². The first-order chi connectivity index (χ1) is 7.69. The van der Waals surface area contributed by atoms with Gasteiger partial charge >= 0.3 is 6.09 Å². The first kappa shape index (κ1) is 14.1. The molecule has 0 saturated heterocycles. The van der Waals surface area contributed by atoms with Crippen molar-refractivity contribution in [3.8, 4) is 0 Å². The molecule has 1 aromatic rings. The minimum atomic E-state index is -0.521. The molecule has 94 valence electrons. The largest absolute Gasteiger partial charge is 0.444 e. The summed E-state index contributed by atoms with van der Waals surface area (Å²) in [5.74, 6) is 0. The molecule has 0 spiro atoms. The van der Waals surface area contributed by atoms with Crippen LogP contribution in [0.2, 0.25) is 4.34 Å². The van der Waals surface area contributed by atoms with Crippen molar-refractivity contribution in [1.82, 2.24) is 0 Å². The zero-order valence-electron chi connectivity index (χ0n) is 10.4. The second-order valence-corrected chi connectivity index (χ2v) is 6.38. The number of halogens is 1. The van der Waals surface area contributed by atoms with Crippen LogP contribution in [0.15, 0.2) is 12.6 Å². The molecule has 0 saturated carbocycles. The number of hydrogen-bond donors (Lipinski definition) is 1. The summed E-state index contributed by atoms with van der Waals surface area (Å²) in [7, 11) is 0. The number of hydrogen-bond acceptors (Lipinski definition) is 3. The lowest BCUT2D eigenvalue weighted by Crippen LogP contribution is -2.27. The fourth-order valence-corrected chi connectivity index (χ4v) is 2.29. The van der Waals surface area contributed by atoms with Crippen molar-refractivity contribution in [1.29, 1.82) is 0 Å². The number of carbonyl (C=O) groups is 1. The van der Waals surface area contributed by atoms with Gasteiger partial charge in [-0.1, -0.05) is 18.2 Å². The van der Waals surface area contributed by atoms with Gasteiger partial charge in [0.1, 0.15) is 5.60 Å². The van der Waals surface area contributed by atoms with Gasteiger partial charge in [0.2, 0.25) is 0 Å². The maximum Gasteiger partial charge on any atom is 0.412 e. The number of amides is 1. The highest BCUT2D eigenvalue weighted by Crippen LogP contribution is 2.35. The Kier molecular flexibility index (Phi) is 4.22. The SMILES string of the molecule is C=C(C)c1sc(Cl)cc1NC(=O)OC(C)(C)C. The topological polar surface area (TPSA) is 38.3 Å². The zero-order chi connectivity index (χ0) is 13.2. The van der Waals surface area contributed by atoms with Crippen LogP contribution in [-0.2, 0) is 4.74 Å². The molecular weight excluding hydrogens is 258 g/mol. The Morgan fingerprint density at radius 2 is 2.12 bits per heavy atom. The quantitative estimate of drug-likeness (QED) is 0.842. The molecule has 1 rings (SSSR count). The number of carbonyl (C=O) groups excluding carboxylic acids is 1. The van der Waals surface area contributed by atoms with Crippen LogP contribution >= 0.6 is 22.9 Å². The summed E-state index contributed by atoms with van der Waals surface area (Å²) in [5, 5.41) is 2.67. The standard InChI is InChI=1S/C12H16ClNO2S/c1-7(2)10-8(6-9(13)17-10)14-11(15)16-12(3,4)5/h6H,1H2,2-5H3,(H,14,15). The number of rotatable bonds is 2. The first-order valence-corrected chi connectivity index (χ1v) is 6.33. The van der Waals surface area contributed by atoms with E-state index in [2.05, 4.69) is 11.9 Å². The van der Waals surface area contributed by atoms with E-state index in [1.165, 1.54) is 11.3 Å². The maximum atomic E-state index is 11.6. The summed E-state index contributed by atoms with van der Waals surface area (Å²) in [6.07, 6.45) is -0.491. The number of anilines is 1. The molecule has 0 aliphatic carbocycles. The molecular formula is C12H16ClNO2S. The summed E-state index contributed by atoms with van der Waals surface area (Å²) in [6, 6.07) is 1.69. The predicted octanol–water partition coefficient (Wildman–Crippen LogP) is 4.78. The summed E-state index contributed by atoms with van der Waals surface area (Å²) in [4.78, 5) is 12.5. The van der Waals surface area contributed by atoms with Crippen LogP contribution in [0.3, 0.4) is 0 Å². The summed E-state index contributed by atoms with van der Waals surface area (Å²) in [5.41, 5.74) is 0.975. The van der Waals surface area contributed by atoms with E-state index in [4.69, 9.17) is 16.3 Å². The van der Waals surface area contributed by atoms with Crippen molar-refractivity contribution in [3.05, 3.63) is 21.9 Å². The molecule has 0 aliphatic heterocycles. The second kappa shape index (κ2) is 5.10. The highest BCUT2D eigenvalue weighted by atomic mass is 35.5. The Hall–Kier alpha value is -1.00. The van der Waals surface area contributed by atoms with E-state index in [0.717, 1.165) is 10.5 Å². The smallest absolute Gasteiger partial charge is 0.412 e. The second-order valence-electron chi connectivity index (χ2n) is 4.70. The summed E-state index contributed by atoms with van der Waals surface area (Å²) >= 11 is 7.29. The Labute approximate surface area is 110 Å². The number of nitrogens with one attached hydrogen (secondary N) is 1. The van der Waals surface area contributed by atoms with Gasteiger partial charge < -0.3 is 4.74 Å². The Morgan fingerprint density at radius 1 is 1.53 bits per heavy atom. The highest BCUT2D eigenvalue weighted by molar-refractivity contribution is 7.17. The van der Waals surface area contributed by atoms with E-state index < -0.39 is 11.7 Å². The van der Waals surface area contributed by atoms with E-state index in [0.29, 0.717) is 10.0 Å². The maximum absolute atomic E-state index is 11.6. The van der Waals surface area contributed by atoms with E-state index in [9.17, 15) is 4.79 Å². The average Bonchev–Trinajstić information content (AvgIpc) is 2.42. The third-order valence-electron chi connectivity index (χ3n) is 1.73. The lowest BCUT2D eigenvalue weighted by atomic mass is 10.2. The van der Waals surface area contributed by atoms with Crippen LogP contribution in [0.4, 0.5) is 10.5 Å². The van der Waals surface area contributed by atoms with E-state index in [-0.39, 0.29) is 0 Å². The average molecular weight is 274 g/mol. The fourth-order valence-electron chi connectivity index (χ4n) is 1.18. The molecule has 0 radical (unpaired) electrons. The van der Waals surface area contributed by atoms with Crippen molar-refractivity contribution < 1.29 is 9.53 Å².